The molecule has 4 nitrogen and oxygen atoms in total. The molecule has 8 atom stereocenters. The van der Waals surface area contributed by atoms with Crippen molar-refractivity contribution in [3.05, 3.63) is 0 Å². The topological polar surface area (TPSA) is 58.9 Å². The molecule has 0 aromatic heterocycles. The second kappa shape index (κ2) is 2.02. The molecule has 0 unspecified atom stereocenters. The average Bonchev–Trinajstić information content (AvgIpc) is 2.72. The molecule has 2 aliphatic heterocycles. The van der Waals surface area contributed by atoms with E-state index in [9.17, 15) is 10.2 Å². The van der Waals surface area contributed by atoms with Gasteiger partial charge in [-0.25, -0.2) is 0 Å². The van der Waals surface area contributed by atoms with Crippen LogP contribution in [0.4, 0.5) is 0 Å². The van der Waals surface area contributed by atoms with Gasteiger partial charge in [0.15, 0.2) is 12.1 Å². The van der Waals surface area contributed by atoms with Crippen molar-refractivity contribution in [2.24, 2.45) is 23.7 Å². The van der Waals surface area contributed by atoms with Gasteiger partial charge in [0, 0.05) is 11.8 Å². The number of aliphatic hydroxyl groups excluding tert-OH is 2. The van der Waals surface area contributed by atoms with Gasteiger partial charge in [0.1, 0.15) is 0 Å². The molecule has 2 heterocycles. The molecule has 4 rings (SSSR count). The van der Waals surface area contributed by atoms with Crippen LogP contribution in [0.25, 0.3) is 0 Å². The fraction of sp³-hybridized carbons (Fsp3) is 1.00. The van der Waals surface area contributed by atoms with Crippen LogP contribution in [0.1, 0.15) is 13.3 Å². The number of aliphatic hydroxyl groups is 2. The Morgan fingerprint density at radius 2 is 2.00 bits per heavy atom. The summed E-state index contributed by atoms with van der Waals surface area (Å²) >= 11 is 0. The molecule has 2 aliphatic carbocycles. The van der Waals surface area contributed by atoms with E-state index < -0.39 is 12.1 Å². The van der Waals surface area contributed by atoms with Crippen LogP contribution >= 0.6 is 0 Å². The molecule has 4 heteroatoms. The average molecular weight is 198 g/mol. The summed E-state index contributed by atoms with van der Waals surface area (Å²) in [6.07, 6.45) is -0.173. The van der Waals surface area contributed by atoms with Crippen LogP contribution in [0.5, 0.6) is 0 Å². The van der Waals surface area contributed by atoms with Crippen molar-refractivity contribution in [1.29, 1.82) is 0 Å². The van der Waals surface area contributed by atoms with Crippen molar-refractivity contribution in [2.75, 3.05) is 0 Å². The maximum atomic E-state index is 9.97. The van der Waals surface area contributed by atoms with Crippen molar-refractivity contribution >= 4 is 0 Å². The summed E-state index contributed by atoms with van der Waals surface area (Å²) in [4.78, 5) is 0. The fourth-order valence-electron chi connectivity index (χ4n) is 4.43. The minimum absolute atomic E-state index is 0.0428. The summed E-state index contributed by atoms with van der Waals surface area (Å²) in [6.45, 7) is 1.90. The third-order valence-corrected chi connectivity index (χ3v) is 4.77. The van der Waals surface area contributed by atoms with Gasteiger partial charge in [-0.2, -0.15) is 0 Å². The first-order valence-corrected chi connectivity index (χ1v) is 5.33. The summed E-state index contributed by atoms with van der Waals surface area (Å²) in [5.74, 6) is 0.358. The lowest BCUT2D eigenvalue weighted by atomic mass is 9.77. The van der Waals surface area contributed by atoms with Crippen molar-refractivity contribution in [3.63, 3.8) is 0 Å². The molecule has 78 valence electrons. The van der Waals surface area contributed by atoms with Crippen LogP contribution in [-0.2, 0) is 9.47 Å². The van der Waals surface area contributed by atoms with Gasteiger partial charge >= 0.3 is 0 Å². The Kier molecular flexibility index (Phi) is 1.16. The highest BCUT2D eigenvalue weighted by atomic mass is 16.8. The van der Waals surface area contributed by atoms with Gasteiger partial charge < -0.3 is 19.7 Å². The standard InChI is InChI=1S/C10H14O4/c1-10-6-4-2-3(5(6)9(12)14-10)7(11)8(4)13-10/h3-9,11-12H,2H2,1H3/t3-,4+,5-,6+,7-,8-,9+,10-/m1/s1. The molecular formula is C10H14O4. The number of hydrogen-bond acceptors (Lipinski definition) is 4. The van der Waals surface area contributed by atoms with E-state index in [1.807, 2.05) is 6.92 Å². The van der Waals surface area contributed by atoms with E-state index >= 15 is 0 Å². The Morgan fingerprint density at radius 1 is 1.21 bits per heavy atom. The third kappa shape index (κ3) is 0.608. The van der Waals surface area contributed by atoms with Gasteiger partial charge in [0.25, 0.3) is 0 Å². The SMILES string of the molecule is C[C@]12O[C@H]3[C@H](O)[C@@H]4C[C@H]3[C@H]1[C@@H]4[C@@H](O)O2. The monoisotopic (exact) mass is 198 g/mol. The summed E-state index contributed by atoms with van der Waals surface area (Å²) < 4.78 is 11.2. The van der Waals surface area contributed by atoms with Gasteiger partial charge in [-0.15, -0.1) is 0 Å². The smallest absolute Gasteiger partial charge is 0.172 e. The lowest BCUT2D eigenvalue weighted by molar-refractivity contribution is -0.274. The van der Waals surface area contributed by atoms with Crippen LogP contribution in [0.3, 0.4) is 0 Å². The summed E-state index contributed by atoms with van der Waals surface area (Å²) in [5, 5.41) is 19.8. The second-order valence-corrected chi connectivity index (χ2v) is 5.26. The molecule has 0 aromatic carbocycles. The number of rotatable bonds is 0. The maximum Gasteiger partial charge on any atom is 0.172 e. The highest BCUT2D eigenvalue weighted by molar-refractivity contribution is 5.17. The fourth-order valence-corrected chi connectivity index (χ4v) is 4.43. The molecule has 4 aliphatic rings. The van der Waals surface area contributed by atoms with E-state index in [-0.39, 0.29) is 24.0 Å². The largest absolute Gasteiger partial charge is 0.390 e. The molecule has 4 fully saturated rings. The van der Waals surface area contributed by atoms with E-state index in [1.54, 1.807) is 0 Å². The number of fused-ring (bicyclic) bond motifs is 2. The Bertz CT molecular complexity index is 306. The third-order valence-electron chi connectivity index (χ3n) is 4.77. The van der Waals surface area contributed by atoms with Crippen molar-refractivity contribution in [1.82, 2.24) is 0 Å². The first-order valence-electron chi connectivity index (χ1n) is 5.33. The Morgan fingerprint density at radius 3 is 2.79 bits per heavy atom. The molecule has 0 amide bonds. The number of hydrogen-bond donors (Lipinski definition) is 2. The zero-order valence-electron chi connectivity index (χ0n) is 7.96. The van der Waals surface area contributed by atoms with E-state index in [0.717, 1.165) is 6.42 Å². The Labute approximate surface area is 81.8 Å². The molecule has 0 radical (unpaired) electrons. The minimum Gasteiger partial charge on any atom is -0.390 e. The molecule has 2 saturated carbocycles. The zero-order chi connectivity index (χ0) is 9.66. The molecule has 2 bridgehead atoms. The van der Waals surface area contributed by atoms with Gasteiger partial charge in [-0.1, -0.05) is 0 Å². The summed E-state index contributed by atoms with van der Waals surface area (Å²) in [5.41, 5.74) is 0. The molecule has 0 spiro atoms. The molecule has 2 saturated heterocycles. The van der Waals surface area contributed by atoms with Gasteiger partial charge in [-0.3, -0.25) is 0 Å². The zero-order valence-corrected chi connectivity index (χ0v) is 7.96. The van der Waals surface area contributed by atoms with Gasteiger partial charge in [0.05, 0.1) is 12.2 Å². The van der Waals surface area contributed by atoms with Gasteiger partial charge in [-0.05, 0) is 25.2 Å². The van der Waals surface area contributed by atoms with E-state index in [0.29, 0.717) is 11.8 Å². The lowest BCUT2D eigenvalue weighted by Crippen LogP contribution is -2.40. The van der Waals surface area contributed by atoms with Gasteiger partial charge in [0.2, 0.25) is 0 Å². The Balaban J connectivity index is 1.88. The first kappa shape index (κ1) is 8.05. The van der Waals surface area contributed by atoms with Crippen LogP contribution in [0.2, 0.25) is 0 Å². The van der Waals surface area contributed by atoms with Crippen LogP contribution in [0.15, 0.2) is 0 Å². The lowest BCUT2D eigenvalue weighted by Gasteiger charge is -2.29. The quantitative estimate of drug-likeness (QED) is 0.560. The maximum absolute atomic E-state index is 9.97. The first-order chi connectivity index (χ1) is 6.62. The normalized spacial score (nSPS) is 73.5. The van der Waals surface area contributed by atoms with Crippen molar-refractivity contribution in [3.8, 4) is 0 Å². The summed E-state index contributed by atoms with van der Waals surface area (Å²) in [6, 6.07) is 0. The van der Waals surface area contributed by atoms with E-state index in [2.05, 4.69) is 0 Å². The molecule has 14 heavy (non-hydrogen) atoms. The molecule has 2 N–H and O–H groups in total. The van der Waals surface area contributed by atoms with E-state index in [1.165, 1.54) is 0 Å². The highest BCUT2D eigenvalue weighted by Crippen LogP contribution is 2.67. The predicted molar refractivity (Wildman–Crippen MR) is 45.0 cm³/mol. The van der Waals surface area contributed by atoms with E-state index in [4.69, 9.17) is 9.47 Å². The predicted octanol–water partition coefficient (Wildman–Crippen LogP) is -0.307. The van der Waals surface area contributed by atoms with Crippen LogP contribution in [-0.4, -0.2) is 34.5 Å². The second-order valence-electron chi connectivity index (χ2n) is 5.26. The van der Waals surface area contributed by atoms with Crippen LogP contribution < -0.4 is 0 Å². The number of ether oxygens (including phenoxy) is 2. The summed E-state index contributed by atoms with van der Waals surface area (Å²) in [7, 11) is 0. The highest BCUT2D eigenvalue weighted by Gasteiger charge is 2.75. The molecule has 0 aromatic rings. The Hall–Kier alpha value is -0.160. The van der Waals surface area contributed by atoms with Crippen molar-refractivity contribution < 1.29 is 19.7 Å². The van der Waals surface area contributed by atoms with Crippen molar-refractivity contribution in [2.45, 2.75) is 37.6 Å². The minimum atomic E-state index is -0.740. The molecular weight excluding hydrogens is 184 g/mol. The van der Waals surface area contributed by atoms with Crippen LogP contribution in [0, 0.1) is 23.7 Å².